The lowest BCUT2D eigenvalue weighted by molar-refractivity contribution is -0.140. The highest BCUT2D eigenvalue weighted by Gasteiger charge is 2.25. The molecule has 3 atom stereocenters. The van der Waals surface area contributed by atoms with E-state index in [9.17, 15) is 28.8 Å². The maximum atomic E-state index is 12.4. The van der Waals surface area contributed by atoms with Gasteiger partial charge in [-0.05, 0) is 39.2 Å². The molecule has 0 aromatic heterocycles. The molecule has 0 aromatic rings. The number of nitrogens with one attached hydrogen (secondary N) is 4. The van der Waals surface area contributed by atoms with Crippen LogP contribution >= 0.6 is 0 Å². The Balaban J connectivity index is 4.92. The van der Waals surface area contributed by atoms with Gasteiger partial charge in [0.2, 0.25) is 23.6 Å². The van der Waals surface area contributed by atoms with Crippen LogP contribution in [0.3, 0.4) is 0 Å². The zero-order valence-electron chi connectivity index (χ0n) is 17.9. The van der Waals surface area contributed by atoms with Gasteiger partial charge in [-0.1, -0.05) is 0 Å². The fourth-order valence-electron chi connectivity index (χ4n) is 2.42. The third kappa shape index (κ3) is 13.1. The summed E-state index contributed by atoms with van der Waals surface area (Å²) < 4.78 is 0. The number of nitrogens with two attached hydrogens (primary N) is 2. The SMILES string of the molecule is C[C@H](N)C(=O)N[C@@H](CCCCN)C(=O)NCC(=O)N[C@@H](CCC(=O)O)C(=O)NCC(=O)O. The van der Waals surface area contributed by atoms with Gasteiger partial charge in [0.1, 0.15) is 18.6 Å². The van der Waals surface area contributed by atoms with Crippen molar-refractivity contribution in [2.45, 2.75) is 57.2 Å². The zero-order chi connectivity index (χ0) is 24.7. The van der Waals surface area contributed by atoms with E-state index >= 15 is 0 Å². The smallest absolute Gasteiger partial charge is 0.322 e. The minimum atomic E-state index is -1.32. The van der Waals surface area contributed by atoms with Gasteiger partial charge in [0.05, 0.1) is 12.6 Å². The van der Waals surface area contributed by atoms with Crippen LogP contribution in [-0.4, -0.2) is 83.5 Å². The van der Waals surface area contributed by atoms with Crippen LogP contribution in [0.15, 0.2) is 0 Å². The summed E-state index contributed by atoms with van der Waals surface area (Å²) >= 11 is 0. The maximum absolute atomic E-state index is 12.4. The van der Waals surface area contributed by atoms with Crippen LogP contribution in [0.2, 0.25) is 0 Å². The van der Waals surface area contributed by atoms with E-state index in [1.54, 1.807) is 0 Å². The average molecular weight is 460 g/mol. The third-order valence-corrected chi connectivity index (χ3v) is 4.13. The summed E-state index contributed by atoms with van der Waals surface area (Å²) in [6, 6.07) is -3.11. The highest BCUT2D eigenvalue weighted by Crippen LogP contribution is 2.02. The lowest BCUT2D eigenvalue weighted by Crippen LogP contribution is -2.54. The first-order chi connectivity index (χ1) is 15.0. The first-order valence-corrected chi connectivity index (χ1v) is 10.0. The van der Waals surface area contributed by atoms with Gasteiger partial charge < -0.3 is 42.9 Å². The lowest BCUT2D eigenvalue weighted by atomic mass is 10.1. The van der Waals surface area contributed by atoms with E-state index in [2.05, 4.69) is 21.3 Å². The number of aliphatic carboxylic acids is 2. The summed E-state index contributed by atoms with van der Waals surface area (Å²) in [6.45, 7) is 0.582. The van der Waals surface area contributed by atoms with Gasteiger partial charge in [-0.25, -0.2) is 0 Å². The van der Waals surface area contributed by atoms with Crippen LogP contribution in [-0.2, 0) is 28.8 Å². The van der Waals surface area contributed by atoms with Crippen molar-refractivity contribution in [1.82, 2.24) is 21.3 Å². The van der Waals surface area contributed by atoms with Crippen LogP contribution in [0, 0.1) is 0 Å². The van der Waals surface area contributed by atoms with Crippen molar-refractivity contribution in [2.24, 2.45) is 11.5 Å². The number of hydrogen-bond acceptors (Lipinski definition) is 8. The molecule has 0 saturated carbocycles. The van der Waals surface area contributed by atoms with Crippen LogP contribution in [0.4, 0.5) is 0 Å². The van der Waals surface area contributed by atoms with Crippen molar-refractivity contribution in [3.63, 3.8) is 0 Å². The van der Waals surface area contributed by atoms with Gasteiger partial charge in [-0.2, -0.15) is 0 Å². The monoisotopic (exact) mass is 460 g/mol. The first kappa shape index (κ1) is 28.7. The van der Waals surface area contributed by atoms with Gasteiger partial charge in [0.15, 0.2) is 0 Å². The molecule has 0 aromatic carbocycles. The molecule has 0 bridgehead atoms. The largest absolute Gasteiger partial charge is 0.481 e. The molecule has 182 valence electrons. The molecule has 0 aliphatic carbocycles. The Labute approximate surface area is 184 Å². The number of unbranched alkanes of at least 4 members (excludes halogenated alkanes) is 1. The molecule has 0 radical (unpaired) electrons. The number of carbonyl (C=O) groups is 6. The normalized spacial score (nSPS) is 13.2. The van der Waals surface area contributed by atoms with Gasteiger partial charge in [-0.3, -0.25) is 28.8 Å². The minimum absolute atomic E-state index is 0.266. The standard InChI is InChI=1S/C18H32N6O8/c1-10(20)16(30)24-11(4-2-3-7-19)17(31)21-8-13(25)23-12(5-6-14(26)27)18(32)22-9-15(28)29/h10-12H,2-9,19-20H2,1H3,(H,21,31)(H,22,32)(H,23,25)(H,24,30)(H,26,27)(H,28,29)/t10-,11-,12-/m0/s1. The number of hydrogen-bond donors (Lipinski definition) is 8. The topological polar surface area (TPSA) is 243 Å². The summed E-state index contributed by atoms with van der Waals surface area (Å²) in [5.74, 6) is -5.41. The number of amides is 4. The van der Waals surface area contributed by atoms with Crippen molar-refractivity contribution >= 4 is 35.6 Å². The second kappa shape index (κ2) is 15.5. The van der Waals surface area contributed by atoms with Gasteiger partial charge >= 0.3 is 11.9 Å². The molecule has 10 N–H and O–H groups in total. The molecule has 14 nitrogen and oxygen atoms in total. The van der Waals surface area contributed by atoms with Gasteiger partial charge in [-0.15, -0.1) is 0 Å². The van der Waals surface area contributed by atoms with Gasteiger partial charge in [0, 0.05) is 6.42 Å². The Hall–Kier alpha value is -3.26. The Morgan fingerprint density at radius 3 is 1.84 bits per heavy atom. The van der Waals surface area contributed by atoms with Crippen molar-refractivity contribution < 1.29 is 39.0 Å². The van der Waals surface area contributed by atoms with Crippen molar-refractivity contribution in [3.05, 3.63) is 0 Å². The highest BCUT2D eigenvalue weighted by atomic mass is 16.4. The van der Waals surface area contributed by atoms with Crippen LogP contribution in [0.1, 0.15) is 39.0 Å². The van der Waals surface area contributed by atoms with Crippen LogP contribution < -0.4 is 32.7 Å². The molecular weight excluding hydrogens is 428 g/mol. The Morgan fingerprint density at radius 2 is 1.34 bits per heavy atom. The molecule has 14 heteroatoms. The molecule has 32 heavy (non-hydrogen) atoms. The molecule has 0 aliphatic heterocycles. The summed E-state index contributed by atoms with van der Waals surface area (Å²) in [4.78, 5) is 69.8. The fraction of sp³-hybridized carbons (Fsp3) is 0.667. The lowest BCUT2D eigenvalue weighted by Gasteiger charge is -2.20. The van der Waals surface area contributed by atoms with E-state index in [1.807, 2.05) is 0 Å². The predicted molar refractivity (Wildman–Crippen MR) is 111 cm³/mol. The van der Waals surface area contributed by atoms with Crippen molar-refractivity contribution in [1.29, 1.82) is 0 Å². The Kier molecular flexibility index (Phi) is 13.9. The molecular formula is C18H32N6O8. The summed E-state index contributed by atoms with van der Waals surface area (Å²) in [5.41, 5.74) is 10.9. The van der Waals surface area contributed by atoms with E-state index in [4.69, 9.17) is 21.7 Å². The molecule has 0 fully saturated rings. The van der Waals surface area contributed by atoms with Crippen molar-refractivity contribution in [2.75, 3.05) is 19.6 Å². The summed E-state index contributed by atoms with van der Waals surface area (Å²) in [7, 11) is 0. The number of rotatable bonds is 16. The highest BCUT2D eigenvalue weighted by molar-refractivity contribution is 5.93. The molecule has 0 saturated heterocycles. The van der Waals surface area contributed by atoms with Crippen molar-refractivity contribution in [3.8, 4) is 0 Å². The molecule has 0 aliphatic rings. The first-order valence-electron chi connectivity index (χ1n) is 10.0. The second-order valence-electron chi connectivity index (χ2n) is 7.02. The molecule has 0 heterocycles. The molecule has 0 spiro atoms. The molecule has 0 unspecified atom stereocenters. The maximum Gasteiger partial charge on any atom is 0.322 e. The van der Waals surface area contributed by atoms with E-state index < -0.39 is 73.2 Å². The van der Waals surface area contributed by atoms with Gasteiger partial charge in [0.25, 0.3) is 0 Å². The van der Waals surface area contributed by atoms with E-state index in [-0.39, 0.29) is 12.8 Å². The Morgan fingerprint density at radius 1 is 0.781 bits per heavy atom. The van der Waals surface area contributed by atoms with E-state index in [0.29, 0.717) is 19.4 Å². The zero-order valence-corrected chi connectivity index (χ0v) is 17.9. The summed E-state index contributed by atoms with van der Waals surface area (Å²) in [5, 5.41) is 26.5. The Bertz CT molecular complexity index is 684. The molecule has 4 amide bonds. The summed E-state index contributed by atoms with van der Waals surface area (Å²) in [6.07, 6.45) is 0.689. The predicted octanol–water partition coefficient (Wildman–Crippen LogP) is -3.39. The third-order valence-electron chi connectivity index (χ3n) is 4.13. The van der Waals surface area contributed by atoms with E-state index in [1.165, 1.54) is 6.92 Å². The number of carboxylic acids is 2. The minimum Gasteiger partial charge on any atom is -0.481 e. The van der Waals surface area contributed by atoms with Crippen LogP contribution in [0.5, 0.6) is 0 Å². The number of carboxylic acid groups (broad SMARTS) is 2. The fourth-order valence-corrected chi connectivity index (χ4v) is 2.42. The quantitative estimate of drug-likeness (QED) is 0.106. The number of carbonyl (C=O) groups excluding carboxylic acids is 4. The van der Waals surface area contributed by atoms with Crippen LogP contribution in [0.25, 0.3) is 0 Å². The average Bonchev–Trinajstić information content (AvgIpc) is 2.72. The second-order valence-corrected chi connectivity index (χ2v) is 7.02. The van der Waals surface area contributed by atoms with E-state index in [0.717, 1.165) is 0 Å². The molecule has 0 rings (SSSR count).